The van der Waals surface area contributed by atoms with Crippen molar-refractivity contribution >= 4 is 27.4 Å². The van der Waals surface area contributed by atoms with Gasteiger partial charge in [-0.1, -0.05) is 38.5 Å². The van der Waals surface area contributed by atoms with E-state index >= 15 is 0 Å². The molecular formula is C26H37N3O4S. The van der Waals surface area contributed by atoms with Crippen molar-refractivity contribution in [2.45, 2.75) is 63.7 Å². The molecule has 0 heterocycles. The number of hydrogen-bond donors (Lipinski definition) is 3. The Hall–Kier alpha value is -2.58. The van der Waals surface area contributed by atoms with Crippen LogP contribution in [0.4, 0.5) is 11.4 Å². The zero-order chi connectivity index (χ0) is 24.6. The molecule has 2 aromatic rings. The molecule has 0 aliphatic heterocycles. The van der Waals surface area contributed by atoms with Gasteiger partial charge in [0.1, 0.15) is 4.90 Å². The molecule has 3 rings (SSSR count). The van der Waals surface area contributed by atoms with Gasteiger partial charge in [-0.05, 0) is 87.5 Å². The number of nitrogens with one attached hydrogen (secondary N) is 2. The summed E-state index contributed by atoms with van der Waals surface area (Å²) in [5.74, 6) is -1.10. The van der Waals surface area contributed by atoms with Gasteiger partial charge in [-0.25, -0.2) is 13.2 Å². The molecule has 0 unspecified atom stereocenters. The standard InChI is InChI=1S/C26H37N3O4S/c1-3-29(4-2)19-11-10-18-27-22-14-8-9-15-24(22)34(32,33)28-23-17-16-20-12-6-5-7-13-21(20)25(23)26(30)31/h8-9,14-17,27-28H,3-7,10-13,18-19H2,1-2H3,(H,30,31). The number of carbonyl (C=O) groups is 1. The van der Waals surface area contributed by atoms with Gasteiger partial charge in [-0.15, -0.1) is 0 Å². The Bertz CT molecular complexity index is 1080. The van der Waals surface area contributed by atoms with Gasteiger partial charge in [-0.3, -0.25) is 4.72 Å². The van der Waals surface area contributed by atoms with Crippen LogP contribution in [-0.4, -0.2) is 50.6 Å². The number of carboxylic acids is 1. The number of rotatable bonds is 12. The molecular weight excluding hydrogens is 450 g/mol. The molecule has 0 bridgehead atoms. The quantitative estimate of drug-likeness (QED) is 0.288. The third-order valence-corrected chi connectivity index (χ3v) is 7.95. The van der Waals surface area contributed by atoms with Crippen LogP contribution in [0.1, 0.15) is 67.4 Å². The highest BCUT2D eigenvalue weighted by Gasteiger charge is 2.25. The summed E-state index contributed by atoms with van der Waals surface area (Å²) < 4.78 is 29.2. The Morgan fingerprint density at radius 3 is 2.44 bits per heavy atom. The van der Waals surface area contributed by atoms with Crippen molar-refractivity contribution in [2.75, 3.05) is 36.2 Å². The minimum absolute atomic E-state index is 0.0739. The number of unbranched alkanes of at least 4 members (excludes halogenated alkanes) is 1. The monoisotopic (exact) mass is 487 g/mol. The summed E-state index contributed by atoms with van der Waals surface area (Å²) in [4.78, 5) is 14.6. The first-order valence-corrected chi connectivity index (χ1v) is 13.8. The van der Waals surface area contributed by atoms with Crippen LogP contribution in [0.25, 0.3) is 0 Å². The molecule has 7 nitrogen and oxygen atoms in total. The van der Waals surface area contributed by atoms with Gasteiger partial charge in [0.2, 0.25) is 0 Å². The summed E-state index contributed by atoms with van der Waals surface area (Å²) >= 11 is 0. The fraction of sp³-hybridized carbons (Fsp3) is 0.500. The van der Waals surface area contributed by atoms with Crippen LogP contribution in [-0.2, 0) is 22.9 Å². The number of fused-ring (bicyclic) bond motifs is 1. The average Bonchev–Trinajstić information content (AvgIpc) is 3.06. The first kappa shape index (κ1) is 26.0. The molecule has 0 fully saturated rings. The van der Waals surface area contributed by atoms with Gasteiger partial charge < -0.3 is 15.3 Å². The molecule has 1 aliphatic carbocycles. The van der Waals surface area contributed by atoms with Crippen molar-refractivity contribution in [2.24, 2.45) is 0 Å². The second-order valence-corrected chi connectivity index (χ2v) is 10.4. The maximum absolute atomic E-state index is 13.3. The van der Waals surface area contributed by atoms with Crippen LogP contribution < -0.4 is 10.0 Å². The summed E-state index contributed by atoms with van der Waals surface area (Å²) in [6.07, 6.45) is 6.39. The number of carboxylic acid groups (broad SMARTS) is 1. The molecule has 1 aliphatic rings. The normalized spacial score (nSPS) is 13.9. The fourth-order valence-electron chi connectivity index (χ4n) is 4.60. The number of para-hydroxylation sites is 1. The van der Waals surface area contributed by atoms with E-state index in [4.69, 9.17) is 0 Å². The van der Waals surface area contributed by atoms with Crippen molar-refractivity contribution in [1.29, 1.82) is 0 Å². The van der Waals surface area contributed by atoms with Gasteiger partial charge in [0.05, 0.1) is 16.9 Å². The van der Waals surface area contributed by atoms with Crippen LogP contribution in [0.15, 0.2) is 41.3 Å². The van der Waals surface area contributed by atoms with Crippen molar-refractivity contribution < 1.29 is 18.3 Å². The highest BCUT2D eigenvalue weighted by Crippen LogP contribution is 2.32. The minimum atomic E-state index is -3.98. The van der Waals surface area contributed by atoms with E-state index < -0.39 is 16.0 Å². The third kappa shape index (κ3) is 6.51. The molecule has 0 spiro atoms. The number of aromatic carboxylic acids is 1. The van der Waals surface area contributed by atoms with Crippen LogP contribution in [0, 0.1) is 0 Å². The highest BCUT2D eigenvalue weighted by molar-refractivity contribution is 7.92. The lowest BCUT2D eigenvalue weighted by atomic mass is 9.96. The summed E-state index contributed by atoms with van der Waals surface area (Å²) in [7, 11) is -3.98. The molecule has 0 saturated carbocycles. The zero-order valence-electron chi connectivity index (χ0n) is 20.3. The van der Waals surface area contributed by atoms with Crippen LogP contribution >= 0.6 is 0 Å². The fourth-order valence-corrected chi connectivity index (χ4v) is 5.86. The van der Waals surface area contributed by atoms with E-state index in [9.17, 15) is 18.3 Å². The van der Waals surface area contributed by atoms with Gasteiger partial charge in [0.15, 0.2) is 0 Å². The molecule has 0 atom stereocenters. The summed E-state index contributed by atoms with van der Waals surface area (Å²) in [5, 5.41) is 13.2. The van der Waals surface area contributed by atoms with Crippen molar-refractivity contribution in [3.63, 3.8) is 0 Å². The Morgan fingerprint density at radius 2 is 1.71 bits per heavy atom. The Morgan fingerprint density at radius 1 is 0.971 bits per heavy atom. The predicted molar refractivity (Wildman–Crippen MR) is 137 cm³/mol. The third-order valence-electron chi connectivity index (χ3n) is 6.53. The molecule has 0 amide bonds. The molecule has 0 saturated heterocycles. The van der Waals surface area contributed by atoms with Crippen LogP contribution in [0.2, 0.25) is 0 Å². The number of nitrogens with zero attached hydrogens (tertiary/aromatic N) is 1. The number of anilines is 2. The smallest absolute Gasteiger partial charge is 0.338 e. The summed E-state index contributed by atoms with van der Waals surface area (Å²) in [6, 6.07) is 10.2. The largest absolute Gasteiger partial charge is 0.478 e. The minimum Gasteiger partial charge on any atom is -0.478 e. The first-order chi connectivity index (χ1) is 16.4. The molecule has 34 heavy (non-hydrogen) atoms. The molecule has 3 N–H and O–H groups in total. The summed E-state index contributed by atoms with van der Waals surface area (Å²) in [5.41, 5.74) is 2.48. The Kier molecular flexibility index (Phi) is 9.36. The topological polar surface area (TPSA) is 98.7 Å². The lowest BCUT2D eigenvalue weighted by molar-refractivity contribution is 0.0696. The lowest BCUT2D eigenvalue weighted by Crippen LogP contribution is -2.24. The van der Waals surface area contributed by atoms with E-state index in [0.717, 1.165) is 69.3 Å². The van der Waals surface area contributed by atoms with Crippen molar-refractivity contribution in [3.8, 4) is 0 Å². The van der Waals surface area contributed by atoms with Crippen LogP contribution in [0.3, 0.4) is 0 Å². The predicted octanol–water partition coefficient (Wildman–Crippen LogP) is 4.99. The van der Waals surface area contributed by atoms with E-state index in [1.54, 1.807) is 30.3 Å². The van der Waals surface area contributed by atoms with E-state index in [1.807, 2.05) is 6.07 Å². The molecule has 186 valence electrons. The van der Waals surface area contributed by atoms with E-state index in [1.165, 1.54) is 0 Å². The second kappa shape index (κ2) is 12.2. The number of hydrogen-bond acceptors (Lipinski definition) is 5. The number of sulfonamides is 1. The Labute approximate surface area is 203 Å². The number of benzene rings is 2. The molecule has 8 heteroatoms. The molecule has 0 radical (unpaired) electrons. The first-order valence-electron chi connectivity index (χ1n) is 12.3. The summed E-state index contributed by atoms with van der Waals surface area (Å²) in [6.45, 7) is 8.03. The van der Waals surface area contributed by atoms with Crippen molar-refractivity contribution in [1.82, 2.24) is 4.90 Å². The number of aryl methyl sites for hydroxylation is 1. The highest BCUT2D eigenvalue weighted by atomic mass is 32.2. The zero-order valence-corrected chi connectivity index (χ0v) is 21.1. The van der Waals surface area contributed by atoms with Crippen molar-refractivity contribution in [3.05, 3.63) is 53.1 Å². The van der Waals surface area contributed by atoms with E-state index in [-0.39, 0.29) is 16.1 Å². The van der Waals surface area contributed by atoms with Gasteiger partial charge in [-0.2, -0.15) is 0 Å². The van der Waals surface area contributed by atoms with Gasteiger partial charge in [0, 0.05) is 6.54 Å². The maximum atomic E-state index is 13.3. The van der Waals surface area contributed by atoms with Crippen LogP contribution in [0.5, 0.6) is 0 Å². The lowest BCUT2D eigenvalue weighted by Gasteiger charge is -2.19. The maximum Gasteiger partial charge on any atom is 0.338 e. The SMILES string of the molecule is CCN(CC)CCCCNc1ccccc1S(=O)(=O)Nc1ccc2c(c1C(=O)O)CCCCC2. The van der Waals surface area contributed by atoms with Gasteiger partial charge in [0.25, 0.3) is 10.0 Å². The molecule has 0 aromatic heterocycles. The molecule has 2 aromatic carbocycles. The second-order valence-electron chi connectivity index (χ2n) is 8.75. The van der Waals surface area contributed by atoms with E-state index in [2.05, 4.69) is 28.8 Å². The average molecular weight is 488 g/mol. The van der Waals surface area contributed by atoms with E-state index in [0.29, 0.717) is 18.7 Å². The van der Waals surface area contributed by atoms with Gasteiger partial charge >= 0.3 is 5.97 Å². The Balaban J connectivity index is 1.77.